The Hall–Kier alpha value is -1.93. The van der Waals surface area contributed by atoms with E-state index in [9.17, 15) is 18.0 Å². The average Bonchev–Trinajstić information content (AvgIpc) is 2.57. The molecule has 0 unspecified atom stereocenters. The largest absolute Gasteiger partial charge is 0.454 e. The first-order valence-electron chi connectivity index (χ1n) is 9.01. The van der Waals surface area contributed by atoms with Gasteiger partial charge in [0.1, 0.15) is 6.04 Å². The van der Waals surface area contributed by atoms with Crippen LogP contribution in [-0.4, -0.2) is 38.7 Å². The monoisotopic (exact) mass is 398 g/mol. The van der Waals surface area contributed by atoms with Crippen LogP contribution in [0.15, 0.2) is 24.3 Å². The first-order valence-corrected chi connectivity index (χ1v) is 10.7. The van der Waals surface area contributed by atoms with E-state index in [2.05, 4.69) is 30.8 Å². The number of unbranched alkanes of at least 4 members (excludes halogenated alkanes) is 1. The number of hydrogen-bond donors (Lipinski definition) is 2. The second kappa shape index (κ2) is 9.85. The van der Waals surface area contributed by atoms with Gasteiger partial charge in [0.25, 0.3) is 5.91 Å². The number of rotatable bonds is 9. The summed E-state index contributed by atoms with van der Waals surface area (Å²) < 4.78 is 30.7. The topological polar surface area (TPSA) is 102 Å². The lowest BCUT2D eigenvalue weighted by Crippen LogP contribution is -2.41. The summed E-state index contributed by atoms with van der Waals surface area (Å²) in [5.41, 5.74) is 1.74. The summed E-state index contributed by atoms with van der Waals surface area (Å²) in [5.74, 6) is -1.34. The van der Waals surface area contributed by atoms with Crippen molar-refractivity contribution in [1.82, 2.24) is 4.72 Å². The van der Waals surface area contributed by atoms with Crippen LogP contribution in [0.25, 0.3) is 0 Å². The number of carbonyl (C=O) groups is 2. The Kier molecular flexibility index (Phi) is 8.43. The zero-order valence-corrected chi connectivity index (χ0v) is 17.5. The number of benzene rings is 1. The number of anilines is 1. The van der Waals surface area contributed by atoms with E-state index in [-0.39, 0.29) is 11.2 Å². The highest BCUT2D eigenvalue weighted by atomic mass is 32.2. The molecule has 0 saturated carbocycles. The van der Waals surface area contributed by atoms with Gasteiger partial charge in [-0.1, -0.05) is 46.2 Å². The molecule has 0 heterocycles. The SMILES string of the molecule is CCCCS(=O)(=O)N[C@@H](C)C(=O)OCC(=O)Nc1ccc(C(C)(C)C)cc1. The van der Waals surface area contributed by atoms with Crippen molar-refractivity contribution in [2.75, 3.05) is 17.7 Å². The van der Waals surface area contributed by atoms with Gasteiger partial charge < -0.3 is 10.1 Å². The number of nitrogens with one attached hydrogen (secondary N) is 2. The molecule has 0 saturated heterocycles. The van der Waals surface area contributed by atoms with Crippen molar-refractivity contribution in [2.24, 2.45) is 0 Å². The summed E-state index contributed by atoms with van der Waals surface area (Å²) in [6.45, 7) is 9.06. The van der Waals surface area contributed by atoms with Gasteiger partial charge in [0.05, 0.1) is 5.75 Å². The predicted octanol–water partition coefficient (Wildman–Crippen LogP) is 2.57. The molecule has 1 amide bonds. The number of sulfonamides is 1. The molecule has 0 aliphatic carbocycles. The molecule has 0 spiro atoms. The molecule has 8 heteroatoms. The van der Waals surface area contributed by atoms with Gasteiger partial charge in [-0.2, -0.15) is 0 Å². The Bertz CT molecular complexity index is 736. The van der Waals surface area contributed by atoms with Gasteiger partial charge in [-0.3, -0.25) is 9.59 Å². The summed E-state index contributed by atoms with van der Waals surface area (Å²) in [4.78, 5) is 23.8. The number of carbonyl (C=O) groups excluding carboxylic acids is 2. The van der Waals surface area contributed by atoms with Gasteiger partial charge in [-0.15, -0.1) is 0 Å². The lowest BCUT2D eigenvalue weighted by molar-refractivity contribution is -0.148. The van der Waals surface area contributed by atoms with Crippen molar-refractivity contribution < 1.29 is 22.7 Å². The van der Waals surface area contributed by atoms with Crippen LogP contribution in [0.3, 0.4) is 0 Å². The van der Waals surface area contributed by atoms with E-state index in [0.29, 0.717) is 12.1 Å². The van der Waals surface area contributed by atoms with Crippen LogP contribution >= 0.6 is 0 Å². The minimum atomic E-state index is -3.54. The second-order valence-corrected chi connectivity index (χ2v) is 9.37. The molecule has 152 valence electrons. The van der Waals surface area contributed by atoms with Crippen LogP contribution in [0.5, 0.6) is 0 Å². The lowest BCUT2D eigenvalue weighted by atomic mass is 9.87. The standard InChI is InChI=1S/C19H30N2O5S/c1-6-7-12-27(24,25)21-14(2)18(23)26-13-17(22)20-16-10-8-15(9-11-16)19(3,4)5/h8-11,14,21H,6-7,12-13H2,1-5H3,(H,20,22)/t14-/m0/s1. The lowest BCUT2D eigenvalue weighted by Gasteiger charge is -2.19. The number of hydrogen-bond acceptors (Lipinski definition) is 5. The second-order valence-electron chi connectivity index (χ2n) is 7.50. The van der Waals surface area contributed by atoms with Crippen molar-refractivity contribution in [2.45, 2.75) is 58.9 Å². The van der Waals surface area contributed by atoms with Crippen LogP contribution in [0.4, 0.5) is 5.69 Å². The maximum atomic E-state index is 11.9. The molecular formula is C19H30N2O5S. The highest BCUT2D eigenvalue weighted by Gasteiger charge is 2.22. The molecule has 2 N–H and O–H groups in total. The van der Waals surface area contributed by atoms with Crippen LogP contribution < -0.4 is 10.0 Å². The van der Waals surface area contributed by atoms with Gasteiger partial charge in [-0.25, -0.2) is 13.1 Å². The fraction of sp³-hybridized carbons (Fsp3) is 0.579. The van der Waals surface area contributed by atoms with E-state index < -0.39 is 34.5 Å². The Morgan fingerprint density at radius 3 is 2.26 bits per heavy atom. The highest BCUT2D eigenvalue weighted by molar-refractivity contribution is 7.89. The van der Waals surface area contributed by atoms with Crippen molar-refractivity contribution in [3.05, 3.63) is 29.8 Å². The first kappa shape index (κ1) is 23.1. The molecule has 1 atom stereocenters. The summed E-state index contributed by atoms with van der Waals surface area (Å²) in [6.07, 6.45) is 1.24. The zero-order chi connectivity index (χ0) is 20.7. The van der Waals surface area contributed by atoms with Crippen LogP contribution in [0, 0.1) is 0 Å². The summed E-state index contributed by atoms with van der Waals surface area (Å²) in [5, 5.41) is 2.64. The van der Waals surface area contributed by atoms with E-state index in [4.69, 9.17) is 4.74 Å². The normalized spacial score (nSPS) is 13.1. The molecule has 1 aromatic carbocycles. The van der Waals surface area contributed by atoms with Crippen molar-refractivity contribution in [3.8, 4) is 0 Å². The van der Waals surface area contributed by atoms with Gasteiger partial charge in [0.15, 0.2) is 6.61 Å². The third-order valence-corrected chi connectivity index (χ3v) is 5.40. The molecule has 1 rings (SSSR count). The zero-order valence-electron chi connectivity index (χ0n) is 16.7. The Balaban J connectivity index is 2.48. The Labute approximate surface area is 161 Å². The molecule has 0 aliphatic rings. The summed E-state index contributed by atoms with van der Waals surface area (Å²) in [6, 6.07) is 6.37. The predicted molar refractivity (Wildman–Crippen MR) is 106 cm³/mol. The summed E-state index contributed by atoms with van der Waals surface area (Å²) in [7, 11) is -3.54. The first-order chi connectivity index (χ1) is 12.4. The molecule has 0 aromatic heterocycles. The molecule has 1 aromatic rings. The smallest absolute Gasteiger partial charge is 0.324 e. The van der Waals surface area contributed by atoms with Crippen LogP contribution in [0.2, 0.25) is 0 Å². The third kappa shape index (κ3) is 8.53. The van der Waals surface area contributed by atoms with Crippen molar-refractivity contribution in [1.29, 1.82) is 0 Å². The maximum absolute atomic E-state index is 11.9. The number of esters is 1. The average molecular weight is 399 g/mol. The van der Waals surface area contributed by atoms with Gasteiger partial charge in [0, 0.05) is 5.69 Å². The molecular weight excluding hydrogens is 368 g/mol. The number of amides is 1. The van der Waals surface area contributed by atoms with Gasteiger partial charge in [-0.05, 0) is 36.5 Å². The number of ether oxygens (including phenoxy) is 1. The van der Waals surface area contributed by atoms with Crippen LogP contribution in [-0.2, 0) is 29.8 Å². The van der Waals surface area contributed by atoms with E-state index in [1.165, 1.54) is 6.92 Å². The third-order valence-electron chi connectivity index (χ3n) is 3.86. The van der Waals surface area contributed by atoms with Gasteiger partial charge >= 0.3 is 5.97 Å². The molecule has 0 radical (unpaired) electrons. The van der Waals surface area contributed by atoms with Crippen molar-refractivity contribution in [3.63, 3.8) is 0 Å². The minimum absolute atomic E-state index is 0.0126. The molecule has 0 aliphatic heterocycles. The Morgan fingerprint density at radius 2 is 1.74 bits per heavy atom. The fourth-order valence-corrected chi connectivity index (χ4v) is 3.64. The molecule has 7 nitrogen and oxygen atoms in total. The Morgan fingerprint density at radius 1 is 1.15 bits per heavy atom. The molecule has 27 heavy (non-hydrogen) atoms. The quantitative estimate of drug-likeness (QED) is 0.623. The minimum Gasteiger partial charge on any atom is -0.454 e. The van der Waals surface area contributed by atoms with Crippen molar-refractivity contribution >= 4 is 27.6 Å². The maximum Gasteiger partial charge on any atom is 0.324 e. The van der Waals surface area contributed by atoms with Crippen LogP contribution in [0.1, 0.15) is 53.0 Å². The van der Waals surface area contributed by atoms with E-state index in [0.717, 1.165) is 12.0 Å². The summed E-state index contributed by atoms with van der Waals surface area (Å²) >= 11 is 0. The molecule has 0 fully saturated rings. The van der Waals surface area contributed by atoms with E-state index >= 15 is 0 Å². The van der Waals surface area contributed by atoms with E-state index in [1.807, 2.05) is 19.1 Å². The van der Waals surface area contributed by atoms with Gasteiger partial charge in [0.2, 0.25) is 10.0 Å². The highest BCUT2D eigenvalue weighted by Crippen LogP contribution is 2.23. The van der Waals surface area contributed by atoms with E-state index in [1.54, 1.807) is 12.1 Å². The fourth-order valence-electron chi connectivity index (χ4n) is 2.22. The molecule has 0 bridgehead atoms.